The minimum Gasteiger partial charge on any atom is -0.323 e. The van der Waals surface area contributed by atoms with Crippen LogP contribution in [0.15, 0.2) is 54.6 Å². The average Bonchev–Trinajstić information content (AvgIpc) is 2.61. The number of Topliss-reactive ketones (excluding diaryl/α,β-unsaturated/α-hetero) is 2. The molecule has 2 aromatic rings. The Morgan fingerprint density at radius 2 is 1.54 bits per heavy atom. The second kappa shape index (κ2) is 6.67. The minimum atomic E-state index is -0.749. The van der Waals surface area contributed by atoms with Crippen LogP contribution in [0, 0.1) is 6.92 Å². The minimum absolute atomic E-state index is 0.0732. The fraction of sp³-hybridized carbons (Fsp3) is 0.300. The molecule has 1 aliphatic carbocycles. The summed E-state index contributed by atoms with van der Waals surface area (Å²) in [5, 5.41) is 3.10. The molecule has 1 saturated carbocycles. The predicted octanol–water partition coefficient (Wildman–Crippen LogP) is 2.28. The van der Waals surface area contributed by atoms with Crippen molar-refractivity contribution in [2.24, 2.45) is 5.73 Å². The summed E-state index contributed by atoms with van der Waals surface area (Å²) < 4.78 is 0. The maximum absolute atomic E-state index is 12.4. The molecule has 1 aliphatic rings. The molecule has 4 nitrogen and oxygen atoms in total. The monoisotopic (exact) mass is 322 g/mol. The summed E-state index contributed by atoms with van der Waals surface area (Å²) in [4.78, 5) is 24.9. The topological polar surface area (TPSA) is 72.2 Å². The fourth-order valence-corrected chi connectivity index (χ4v) is 3.10. The molecule has 24 heavy (non-hydrogen) atoms. The summed E-state index contributed by atoms with van der Waals surface area (Å²) in [6.07, 6.45) is 0. The molecular weight excluding hydrogens is 300 g/mol. The zero-order valence-corrected chi connectivity index (χ0v) is 13.9. The molecule has 1 fully saturated rings. The lowest BCUT2D eigenvalue weighted by Gasteiger charge is -2.36. The van der Waals surface area contributed by atoms with Crippen LogP contribution in [0.4, 0.5) is 0 Å². The number of carbonyl (C=O) groups is 2. The number of nitrogens with one attached hydrogen (secondary N) is 1. The Balaban J connectivity index is 1.66. The van der Waals surface area contributed by atoms with Gasteiger partial charge in [0.05, 0.1) is 0 Å². The van der Waals surface area contributed by atoms with Gasteiger partial charge >= 0.3 is 0 Å². The Bertz CT molecular complexity index is 724. The third-order valence-electron chi connectivity index (χ3n) is 4.70. The molecule has 124 valence electrons. The van der Waals surface area contributed by atoms with Gasteiger partial charge in [-0.2, -0.15) is 0 Å². The molecule has 3 N–H and O–H groups in total. The molecule has 0 saturated heterocycles. The number of rotatable bonds is 5. The van der Waals surface area contributed by atoms with E-state index < -0.39 is 12.0 Å². The highest BCUT2D eigenvalue weighted by Gasteiger charge is 2.50. The van der Waals surface area contributed by atoms with E-state index in [4.69, 9.17) is 5.73 Å². The van der Waals surface area contributed by atoms with Crippen molar-refractivity contribution in [1.29, 1.82) is 0 Å². The smallest absolute Gasteiger partial charge is 0.172 e. The molecule has 0 heterocycles. The number of ketones is 2. The molecule has 2 aromatic carbocycles. The van der Waals surface area contributed by atoms with Gasteiger partial charge in [0.25, 0.3) is 0 Å². The van der Waals surface area contributed by atoms with Gasteiger partial charge in [-0.05, 0) is 25.0 Å². The normalized spacial score (nSPS) is 22.8. The van der Waals surface area contributed by atoms with Gasteiger partial charge in [0, 0.05) is 12.1 Å². The van der Waals surface area contributed by atoms with Crippen molar-refractivity contribution in [1.82, 2.24) is 5.32 Å². The van der Waals surface area contributed by atoms with Gasteiger partial charge in [0.15, 0.2) is 11.6 Å². The van der Waals surface area contributed by atoms with Crippen LogP contribution in [-0.2, 0) is 9.59 Å². The average molecular weight is 322 g/mol. The molecule has 0 aliphatic heterocycles. The van der Waals surface area contributed by atoms with Crippen LogP contribution in [-0.4, -0.2) is 23.7 Å². The number of hydrogen-bond acceptors (Lipinski definition) is 4. The second-order valence-electron chi connectivity index (χ2n) is 6.47. The van der Waals surface area contributed by atoms with Gasteiger partial charge in [-0.1, -0.05) is 60.2 Å². The van der Waals surface area contributed by atoms with Crippen molar-refractivity contribution in [3.63, 3.8) is 0 Å². The second-order valence-corrected chi connectivity index (χ2v) is 6.47. The van der Waals surface area contributed by atoms with E-state index in [-0.39, 0.29) is 23.7 Å². The van der Waals surface area contributed by atoms with Crippen molar-refractivity contribution in [3.05, 3.63) is 71.3 Å². The fourth-order valence-electron chi connectivity index (χ4n) is 3.10. The van der Waals surface area contributed by atoms with E-state index in [1.54, 1.807) is 0 Å². The molecule has 2 unspecified atom stereocenters. The first-order chi connectivity index (χ1) is 11.5. The third-order valence-corrected chi connectivity index (χ3v) is 4.70. The highest BCUT2D eigenvalue weighted by molar-refractivity contribution is 6.30. The van der Waals surface area contributed by atoms with Crippen LogP contribution in [0.1, 0.15) is 35.6 Å². The van der Waals surface area contributed by atoms with E-state index in [1.165, 1.54) is 0 Å². The molecule has 0 aromatic heterocycles. The molecule has 4 heteroatoms. The Morgan fingerprint density at radius 3 is 2.12 bits per heavy atom. The summed E-state index contributed by atoms with van der Waals surface area (Å²) >= 11 is 0. The third kappa shape index (κ3) is 3.03. The maximum atomic E-state index is 12.4. The molecule has 0 amide bonds. The van der Waals surface area contributed by atoms with Crippen molar-refractivity contribution < 1.29 is 9.59 Å². The van der Waals surface area contributed by atoms with Crippen LogP contribution in [0.5, 0.6) is 0 Å². The summed E-state index contributed by atoms with van der Waals surface area (Å²) in [7, 11) is 0. The van der Waals surface area contributed by atoms with Gasteiger partial charge in [0.1, 0.15) is 12.0 Å². The zero-order valence-electron chi connectivity index (χ0n) is 13.9. The Morgan fingerprint density at radius 1 is 0.958 bits per heavy atom. The highest BCUT2D eigenvalue weighted by Crippen LogP contribution is 2.31. The summed E-state index contributed by atoms with van der Waals surface area (Å²) in [6, 6.07) is 16.0. The van der Waals surface area contributed by atoms with Gasteiger partial charge < -0.3 is 5.73 Å². The van der Waals surface area contributed by atoms with Crippen molar-refractivity contribution >= 4 is 11.6 Å². The quantitative estimate of drug-likeness (QED) is 0.829. The lowest BCUT2D eigenvalue weighted by atomic mass is 9.72. The zero-order chi connectivity index (χ0) is 17.3. The van der Waals surface area contributed by atoms with E-state index >= 15 is 0 Å². The van der Waals surface area contributed by atoms with Crippen molar-refractivity contribution in [2.45, 2.75) is 37.9 Å². The number of hydrogen-bond donors (Lipinski definition) is 2. The first kappa shape index (κ1) is 16.6. The molecule has 0 spiro atoms. The molecular formula is C20H22N2O2. The lowest BCUT2D eigenvalue weighted by Crippen LogP contribution is -2.61. The van der Waals surface area contributed by atoms with E-state index in [2.05, 4.69) is 5.32 Å². The molecule has 0 radical (unpaired) electrons. The molecule has 2 atom stereocenters. The van der Waals surface area contributed by atoms with Crippen molar-refractivity contribution in [2.75, 3.05) is 0 Å². The van der Waals surface area contributed by atoms with Gasteiger partial charge in [-0.25, -0.2) is 0 Å². The standard InChI is InChI=1S/C20H22N2O2/c1-12-8-10-14(11-9-12)16-19(23)18(20(16)24)22-13(2)17(21)15-6-4-3-5-7-15/h3-11,13,16-18,22H,21H2,1-2H3. The summed E-state index contributed by atoms with van der Waals surface area (Å²) in [5.41, 5.74) is 9.09. The molecule has 3 rings (SSSR count). The largest absolute Gasteiger partial charge is 0.323 e. The van der Waals surface area contributed by atoms with E-state index in [0.717, 1.165) is 16.7 Å². The van der Waals surface area contributed by atoms with Crippen LogP contribution in [0.3, 0.4) is 0 Å². The van der Waals surface area contributed by atoms with Crippen LogP contribution in [0.25, 0.3) is 0 Å². The Hall–Kier alpha value is -2.30. The number of nitrogens with two attached hydrogens (primary N) is 1. The van der Waals surface area contributed by atoms with Gasteiger partial charge in [0.2, 0.25) is 0 Å². The van der Waals surface area contributed by atoms with Crippen molar-refractivity contribution in [3.8, 4) is 0 Å². The van der Waals surface area contributed by atoms with E-state index in [1.807, 2.05) is 68.4 Å². The maximum Gasteiger partial charge on any atom is 0.172 e. The van der Waals surface area contributed by atoms with Crippen LogP contribution >= 0.6 is 0 Å². The van der Waals surface area contributed by atoms with E-state index in [0.29, 0.717) is 0 Å². The van der Waals surface area contributed by atoms with E-state index in [9.17, 15) is 9.59 Å². The van der Waals surface area contributed by atoms with Crippen LogP contribution < -0.4 is 11.1 Å². The summed E-state index contributed by atoms with van der Waals surface area (Å²) in [6.45, 7) is 3.88. The lowest BCUT2D eigenvalue weighted by molar-refractivity contribution is -0.143. The number of benzene rings is 2. The van der Waals surface area contributed by atoms with Gasteiger partial charge in [-0.15, -0.1) is 0 Å². The molecule has 0 bridgehead atoms. The van der Waals surface area contributed by atoms with Crippen LogP contribution in [0.2, 0.25) is 0 Å². The Kier molecular flexibility index (Phi) is 4.60. The highest BCUT2D eigenvalue weighted by atomic mass is 16.2. The first-order valence-electron chi connectivity index (χ1n) is 8.19. The Labute approximate surface area is 142 Å². The summed E-state index contributed by atoms with van der Waals surface area (Å²) in [5.74, 6) is -0.782. The predicted molar refractivity (Wildman–Crippen MR) is 93.7 cm³/mol. The number of carbonyl (C=O) groups excluding carboxylic acids is 2. The van der Waals surface area contributed by atoms with Gasteiger partial charge in [-0.3, -0.25) is 14.9 Å². The SMILES string of the molecule is Cc1ccc(C2C(=O)C(NC(C)C(N)c3ccccc3)C2=O)cc1. The number of aryl methyl sites for hydroxylation is 1. The first-order valence-corrected chi connectivity index (χ1v) is 8.19.